The molecule has 2 aromatic carbocycles. The Morgan fingerprint density at radius 3 is 2.37 bits per heavy atom. The number of para-hydroxylation sites is 1. The van der Waals surface area contributed by atoms with Crippen molar-refractivity contribution in [3.8, 4) is 0 Å². The van der Waals surface area contributed by atoms with Crippen LogP contribution >= 0.6 is 0 Å². The zero-order valence-corrected chi connectivity index (χ0v) is 29.3. The third-order valence-electron chi connectivity index (χ3n) is 8.01. The molecule has 1 heterocycles. The highest BCUT2D eigenvalue weighted by atomic mass is 14.9. The number of rotatable bonds is 12. The van der Waals surface area contributed by atoms with Crippen molar-refractivity contribution in [3.05, 3.63) is 222 Å². The molecule has 4 rings (SSSR count). The molecule has 1 atom stereocenters. The van der Waals surface area contributed by atoms with Gasteiger partial charge in [-0.2, -0.15) is 0 Å². The molecule has 1 unspecified atom stereocenters. The maximum Gasteiger partial charge on any atom is 0.0701 e. The topological polar surface area (TPSA) is 47.9 Å². The van der Waals surface area contributed by atoms with Gasteiger partial charge in [0.2, 0.25) is 0 Å². The van der Waals surface area contributed by atoms with Crippen molar-refractivity contribution < 1.29 is 0 Å². The van der Waals surface area contributed by atoms with Crippen molar-refractivity contribution in [2.45, 2.75) is 33.7 Å². The van der Waals surface area contributed by atoms with Gasteiger partial charge in [0.25, 0.3) is 0 Å². The third-order valence-corrected chi connectivity index (χ3v) is 8.01. The molecular weight excluding hydrogens is 595 g/mol. The van der Waals surface area contributed by atoms with Gasteiger partial charge in [-0.1, -0.05) is 141 Å². The molecule has 2 aliphatic rings. The van der Waals surface area contributed by atoms with Gasteiger partial charge in [0, 0.05) is 23.3 Å². The molecule has 0 bridgehead atoms. The van der Waals surface area contributed by atoms with Crippen LogP contribution in [-0.4, -0.2) is 12.3 Å². The van der Waals surface area contributed by atoms with E-state index < -0.39 is 0 Å². The standard InChI is InChI=1S/C26H29N3.C20H20/c1-6-21(16-17-27)24-14-11-15-25(29-24)22(7-2)18-26(20(5)19(3)4)28-23-12-9-8-10-13-23;1-4-6-8-17-9-7-10-19(14-12-17)20-13-11-16(3)18(5-2)15-20/h6-18,25,27-29H,1-3H2,4-5H3;4-15H,2H2,1,3H3/b21-16+,22-18+,26-20-,27-17?;6-4-,17-8+. The van der Waals surface area contributed by atoms with Gasteiger partial charge in [-0.15, -0.1) is 0 Å². The van der Waals surface area contributed by atoms with Crippen LogP contribution in [0.1, 0.15) is 37.5 Å². The fourth-order valence-electron chi connectivity index (χ4n) is 4.96. The smallest absolute Gasteiger partial charge is 0.0701 e. The molecule has 3 nitrogen and oxygen atoms in total. The number of allylic oxidation sites excluding steroid dienone is 17. The van der Waals surface area contributed by atoms with Crippen LogP contribution in [0.4, 0.5) is 5.69 Å². The number of dihydropyridines is 1. The minimum atomic E-state index is -0.0490. The Balaban J connectivity index is 0.000000284. The van der Waals surface area contributed by atoms with Gasteiger partial charge in [-0.25, -0.2) is 0 Å². The fourth-order valence-corrected chi connectivity index (χ4v) is 4.96. The van der Waals surface area contributed by atoms with Crippen LogP contribution in [0, 0.1) is 12.3 Å². The fraction of sp³-hybridized carbons (Fsp3) is 0.109. The molecule has 248 valence electrons. The Morgan fingerprint density at radius 1 is 0.939 bits per heavy atom. The number of hydrogen-bond acceptors (Lipinski definition) is 3. The molecule has 0 radical (unpaired) electrons. The number of anilines is 1. The van der Waals surface area contributed by atoms with E-state index in [1.807, 2.05) is 74.6 Å². The van der Waals surface area contributed by atoms with E-state index >= 15 is 0 Å². The van der Waals surface area contributed by atoms with Gasteiger partial charge in [0.15, 0.2) is 0 Å². The molecule has 0 aromatic heterocycles. The lowest BCUT2D eigenvalue weighted by molar-refractivity contribution is 0.763. The monoisotopic (exact) mass is 643 g/mol. The summed E-state index contributed by atoms with van der Waals surface area (Å²) in [7, 11) is 0. The van der Waals surface area contributed by atoms with Crippen molar-refractivity contribution in [2.24, 2.45) is 0 Å². The zero-order valence-electron chi connectivity index (χ0n) is 29.3. The normalized spacial score (nSPS) is 17.1. The number of hydrogen-bond donors (Lipinski definition) is 3. The Labute approximate surface area is 294 Å². The van der Waals surface area contributed by atoms with Crippen molar-refractivity contribution >= 4 is 23.6 Å². The predicted molar refractivity (Wildman–Crippen MR) is 217 cm³/mol. The second-order valence-electron chi connectivity index (χ2n) is 11.5. The van der Waals surface area contributed by atoms with E-state index in [2.05, 4.69) is 124 Å². The molecule has 49 heavy (non-hydrogen) atoms. The van der Waals surface area contributed by atoms with Gasteiger partial charge < -0.3 is 16.0 Å². The largest absolute Gasteiger partial charge is 0.374 e. The first-order valence-corrected chi connectivity index (χ1v) is 16.4. The van der Waals surface area contributed by atoms with E-state index in [1.165, 1.54) is 34.1 Å². The molecule has 0 amide bonds. The molecule has 0 saturated carbocycles. The lowest BCUT2D eigenvalue weighted by Gasteiger charge is -2.24. The second-order valence-corrected chi connectivity index (χ2v) is 11.5. The van der Waals surface area contributed by atoms with E-state index in [0.29, 0.717) is 0 Å². The lowest BCUT2D eigenvalue weighted by Crippen LogP contribution is -2.30. The second kappa shape index (κ2) is 19.7. The summed E-state index contributed by atoms with van der Waals surface area (Å²) in [4.78, 5) is 0. The van der Waals surface area contributed by atoms with E-state index in [0.717, 1.165) is 39.4 Å². The maximum atomic E-state index is 7.34. The molecule has 0 saturated heterocycles. The molecular formula is C46H49N3. The van der Waals surface area contributed by atoms with Gasteiger partial charge in [0.05, 0.1) is 6.04 Å². The van der Waals surface area contributed by atoms with Crippen LogP contribution in [0.3, 0.4) is 0 Å². The van der Waals surface area contributed by atoms with Crippen LogP contribution in [0.2, 0.25) is 0 Å². The maximum absolute atomic E-state index is 7.34. The Bertz CT molecular complexity index is 1860. The molecule has 1 aliphatic heterocycles. The van der Waals surface area contributed by atoms with E-state index in [-0.39, 0.29) is 6.04 Å². The summed E-state index contributed by atoms with van der Waals surface area (Å²) in [5, 5.41) is 14.3. The van der Waals surface area contributed by atoms with Crippen LogP contribution in [-0.2, 0) is 0 Å². The first kappa shape index (κ1) is 37.5. The van der Waals surface area contributed by atoms with Crippen molar-refractivity contribution in [1.29, 1.82) is 5.41 Å². The molecule has 1 aliphatic carbocycles. The number of nitrogens with one attached hydrogen (secondary N) is 3. The lowest BCUT2D eigenvalue weighted by atomic mass is 9.98. The van der Waals surface area contributed by atoms with Crippen molar-refractivity contribution in [1.82, 2.24) is 5.32 Å². The Hall–Kier alpha value is -5.93. The molecule has 2 aromatic rings. The Kier molecular flexibility index (Phi) is 15.1. The minimum Gasteiger partial charge on any atom is -0.374 e. The van der Waals surface area contributed by atoms with Crippen LogP contribution < -0.4 is 10.6 Å². The average Bonchev–Trinajstić information content (AvgIpc) is 3.37. The highest BCUT2D eigenvalue weighted by Gasteiger charge is 2.15. The van der Waals surface area contributed by atoms with E-state index in [4.69, 9.17) is 5.41 Å². The SMILES string of the molecule is C=C/C(=C\C=N)C1=CC=CC(/C(C=C)=C/C(Nc2ccccc2)=C(\C)C(=C)C)N1.C=Cc1cc(C2=CC=C/C(=C\C=C/C)C=C2)ccc1C. The molecule has 0 fully saturated rings. The van der Waals surface area contributed by atoms with Gasteiger partial charge in [0.1, 0.15) is 0 Å². The third kappa shape index (κ3) is 11.4. The highest BCUT2D eigenvalue weighted by Crippen LogP contribution is 2.24. The average molecular weight is 644 g/mol. The zero-order chi connectivity index (χ0) is 35.6. The summed E-state index contributed by atoms with van der Waals surface area (Å²) in [6, 6.07) is 16.5. The number of benzene rings is 2. The summed E-state index contributed by atoms with van der Waals surface area (Å²) >= 11 is 0. The minimum absolute atomic E-state index is 0.0490. The van der Waals surface area contributed by atoms with Crippen LogP contribution in [0.25, 0.3) is 11.6 Å². The summed E-state index contributed by atoms with van der Waals surface area (Å²) in [5.41, 5.74) is 13.0. The number of aryl methyl sites for hydroxylation is 1. The summed E-state index contributed by atoms with van der Waals surface area (Å²) in [6.07, 6.45) is 33.5. The van der Waals surface area contributed by atoms with E-state index in [9.17, 15) is 0 Å². The Morgan fingerprint density at radius 2 is 1.71 bits per heavy atom. The summed E-state index contributed by atoms with van der Waals surface area (Å²) < 4.78 is 0. The van der Waals surface area contributed by atoms with Gasteiger partial charge >= 0.3 is 0 Å². The van der Waals surface area contributed by atoms with Gasteiger partial charge in [-0.05, 0) is 109 Å². The first-order chi connectivity index (χ1) is 23.7. The summed E-state index contributed by atoms with van der Waals surface area (Å²) in [5.74, 6) is 0. The summed E-state index contributed by atoms with van der Waals surface area (Å²) in [6.45, 7) is 24.0. The quantitative estimate of drug-likeness (QED) is 0.159. The van der Waals surface area contributed by atoms with Crippen LogP contribution in [0.5, 0.6) is 0 Å². The van der Waals surface area contributed by atoms with E-state index in [1.54, 1.807) is 12.2 Å². The van der Waals surface area contributed by atoms with Crippen LogP contribution in [0.15, 0.2) is 205 Å². The first-order valence-electron chi connectivity index (χ1n) is 16.4. The molecule has 3 heteroatoms. The molecule has 3 N–H and O–H groups in total. The van der Waals surface area contributed by atoms with Crippen molar-refractivity contribution in [2.75, 3.05) is 5.32 Å². The molecule has 0 spiro atoms. The van der Waals surface area contributed by atoms with Gasteiger partial charge in [-0.3, -0.25) is 0 Å². The highest BCUT2D eigenvalue weighted by molar-refractivity contribution is 5.78. The van der Waals surface area contributed by atoms with Crippen molar-refractivity contribution in [3.63, 3.8) is 0 Å². The predicted octanol–water partition coefficient (Wildman–Crippen LogP) is 11.9.